The van der Waals surface area contributed by atoms with E-state index in [4.69, 9.17) is 0 Å². The molecule has 3 nitrogen and oxygen atoms in total. The third-order valence-electron chi connectivity index (χ3n) is 2.89. The second-order valence-electron chi connectivity index (χ2n) is 4.03. The van der Waals surface area contributed by atoms with Crippen molar-refractivity contribution >= 4 is 17.9 Å². The van der Waals surface area contributed by atoms with Gasteiger partial charge in [-0.15, -0.1) is 0 Å². The van der Waals surface area contributed by atoms with Gasteiger partial charge in [-0.3, -0.25) is 9.69 Å². The lowest BCUT2D eigenvalue weighted by Gasteiger charge is -2.33. The summed E-state index contributed by atoms with van der Waals surface area (Å²) in [7, 11) is 0. The number of nitrogens with zero attached hydrogens (tertiary/aromatic N) is 2. The molecule has 1 heterocycles. The largest absolute Gasteiger partial charge is 0.331 e. The lowest BCUT2D eigenvalue weighted by atomic mass is 10.2. The maximum absolute atomic E-state index is 11.0. The van der Waals surface area contributed by atoms with Crippen molar-refractivity contribution in [2.75, 3.05) is 26.2 Å². The van der Waals surface area contributed by atoms with Gasteiger partial charge < -0.3 is 4.90 Å². The first-order chi connectivity index (χ1) is 7.75. The number of hydrogen-bond donors (Lipinski definition) is 1. The van der Waals surface area contributed by atoms with Gasteiger partial charge in [0.25, 0.3) is 5.24 Å². The predicted molar refractivity (Wildman–Crippen MR) is 67.7 cm³/mol. The standard InChI is InChI=1S/C12H16N2OS/c15-12(16)14-8-6-13(7-9-14)10-11-4-2-1-3-5-11/h1-5H,6-10H2,(H,15,16). The number of hydrogen-bond acceptors (Lipinski definition) is 2. The molecule has 86 valence electrons. The Kier molecular flexibility index (Phi) is 3.85. The molecule has 0 radical (unpaired) electrons. The highest BCUT2D eigenvalue weighted by Gasteiger charge is 2.18. The Hall–Kier alpha value is -1.00. The molecule has 1 aliphatic heterocycles. The smallest absolute Gasteiger partial charge is 0.278 e. The average molecular weight is 236 g/mol. The van der Waals surface area contributed by atoms with Crippen LogP contribution in [-0.4, -0.2) is 41.2 Å². The number of benzene rings is 1. The van der Waals surface area contributed by atoms with Gasteiger partial charge >= 0.3 is 0 Å². The van der Waals surface area contributed by atoms with Crippen LogP contribution in [-0.2, 0) is 6.54 Å². The van der Waals surface area contributed by atoms with E-state index in [0.717, 1.165) is 32.7 Å². The lowest BCUT2D eigenvalue weighted by molar-refractivity contribution is 0.149. The fourth-order valence-corrected chi connectivity index (χ4v) is 2.14. The summed E-state index contributed by atoms with van der Waals surface area (Å²) < 4.78 is 0. The zero-order valence-corrected chi connectivity index (χ0v) is 10.1. The van der Waals surface area contributed by atoms with E-state index in [1.54, 1.807) is 4.90 Å². The summed E-state index contributed by atoms with van der Waals surface area (Å²) in [6.07, 6.45) is 0. The van der Waals surface area contributed by atoms with Crippen LogP contribution >= 0.6 is 12.6 Å². The first-order valence-corrected chi connectivity index (χ1v) is 5.94. The van der Waals surface area contributed by atoms with Crippen LogP contribution in [0.3, 0.4) is 0 Å². The lowest BCUT2D eigenvalue weighted by Crippen LogP contribution is -2.46. The molecule has 1 aliphatic rings. The number of rotatable bonds is 2. The van der Waals surface area contributed by atoms with E-state index in [1.807, 2.05) is 6.07 Å². The maximum Gasteiger partial charge on any atom is 0.278 e. The van der Waals surface area contributed by atoms with E-state index < -0.39 is 0 Å². The summed E-state index contributed by atoms with van der Waals surface area (Å²) in [5.41, 5.74) is 1.33. The van der Waals surface area contributed by atoms with Gasteiger partial charge in [0.05, 0.1) is 0 Å². The van der Waals surface area contributed by atoms with Crippen molar-refractivity contribution in [3.63, 3.8) is 0 Å². The second kappa shape index (κ2) is 5.37. The second-order valence-corrected chi connectivity index (χ2v) is 4.41. The fourth-order valence-electron chi connectivity index (χ4n) is 1.94. The zero-order valence-electron chi connectivity index (χ0n) is 9.17. The van der Waals surface area contributed by atoms with Crippen LogP contribution < -0.4 is 0 Å². The summed E-state index contributed by atoms with van der Waals surface area (Å²) in [5, 5.41) is -0.112. The van der Waals surface area contributed by atoms with Crippen molar-refractivity contribution in [3.05, 3.63) is 35.9 Å². The normalized spacial score (nSPS) is 17.4. The topological polar surface area (TPSA) is 23.6 Å². The molecule has 1 fully saturated rings. The first-order valence-electron chi connectivity index (χ1n) is 5.50. The monoisotopic (exact) mass is 236 g/mol. The first kappa shape index (κ1) is 11.5. The van der Waals surface area contributed by atoms with Gasteiger partial charge in [0.15, 0.2) is 0 Å². The molecule has 0 aromatic heterocycles. The predicted octanol–water partition coefficient (Wildman–Crippen LogP) is 1.85. The van der Waals surface area contributed by atoms with Crippen molar-refractivity contribution in [2.45, 2.75) is 6.54 Å². The SMILES string of the molecule is O=C(S)N1CCN(Cc2ccccc2)CC1. The number of amides is 1. The quantitative estimate of drug-likeness (QED) is 0.792. The summed E-state index contributed by atoms with van der Waals surface area (Å²) in [6.45, 7) is 4.40. The molecule has 1 saturated heterocycles. The highest BCUT2D eigenvalue weighted by molar-refractivity contribution is 7.96. The zero-order chi connectivity index (χ0) is 11.4. The van der Waals surface area contributed by atoms with Crippen LogP contribution in [0.1, 0.15) is 5.56 Å². The molecule has 1 aromatic rings. The highest BCUT2D eigenvalue weighted by Crippen LogP contribution is 2.09. The van der Waals surface area contributed by atoms with Crippen LogP contribution in [0.15, 0.2) is 30.3 Å². The summed E-state index contributed by atoms with van der Waals surface area (Å²) in [6, 6.07) is 10.4. The third-order valence-corrected chi connectivity index (χ3v) is 3.17. The fraction of sp³-hybridized carbons (Fsp3) is 0.417. The van der Waals surface area contributed by atoms with Crippen molar-refractivity contribution < 1.29 is 4.79 Å². The molecular weight excluding hydrogens is 220 g/mol. The molecule has 0 aliphatic carbocycles. The van der Waals surface area contributed by atoms with E-state index >= 15 is 0 Å². The third kappa shape index (κ3) is 3.00. The van der Waals surface area contributed by atoms with Crippen molar-refractivity contribution in [3.8, 4) is 0 Å². The molecule has 0 atom stereocenters. The van der Waals surface area contributed by atoms with E-state index in [1.165, 1.54) is 5.56 Å². The molecule has 4 heteroatoms. The molecule has 0 unspecified atom stereocenters. The van der Waals surface area contributed by atoms with Gasteiger partial charge in [0.1, 0.15) is 0 Å². The maximum atomic E-state index is 11.0. The van der Waals surface area contributed by atoms with Crippen molar-refractivity contribution in [1.82, 2.24) is 9.80 Å². The van der Waals surface area contributed by atoms with Crippen molar-refractivity contribution in [1.29, 1.82) is 0 Å². The van der Waals surface area contributed by atoms with Gasteiger partial charge in [-0.05, 0) is 5.56 Å². The molecular formula is C12H16N2OS. The molecule has 0 spiro atoms. The van der Waals surface area contributed by atoms with Gasteiger partial charge in [-0.25, -0.2) is 0 Å². The minimum atomic E-state index is -0.112. The highest BCUT2D eigenvalue weighted by atomic mass is 32.1. The van der Waals surface area contributed by atoms with Crippen LogP contribution in [0.2, 0.25) is 0 Å². The Bertz CT molecular complexity index is 347. The number of thiol groups is 1. The van der Waals surface area contributed by atoms with Gasteiger partial charge in [-0.1, -0.05) is 43.0 Å². The van der Waals surface area contributed by atoms with Crippen LogP contribution in [0.4, 0.5) is 4.79 Å². The number of piperazine rings is 1. The molecule has 0 bridgehead atoms. The number of carbonyl (C=O) groups excluding carboxylic acids is 1. The summed E-state index contributed by atoms with van der Waals surface area (Å²) >= 11 is 3.84. The Morgan fingerprint density at radius 3 is 2.31 bits per heavy atom. The molecule has 0 N–H and O–H groups in total. The summed E-state index contributed by atoms with van der Waals surface area (Å²) in [5.74, 6) is 0. The minimum Gasteiger partial charge on any atom is -0.331 e. The molecule has 1 aromatic carbocycles. The van der Waals surface area contributed by atoms with Crippen LogP contribution in [0.5, 0.6) is 0 Å². The van der Waals surface area contributed by atoms with Gasteiger partial charge in [-0.2, -0.15) is 0 Å². The summed E-state index contributed by atoms with van der Waals surface area (Å²) in [4.78, 5) is 15.2. The molecule has 2 rings (SSSR count). The van der Waals surface area contributed by atoms with E-state index in [0.29, 0.717) is 0 Å². The van der Waals surface area contributed by atoms with Crippen LogP contribution in [0.25, 0.3) is 0 Å². The molecule has 0 saturated carbocycles. The van der Waals surface area contributed by atoms with E-state index in [9.17, 15) is 4.79 Å². The van der Waals surface area contributed by atoms with E-state index in [-0.39, 0.29) is 5.24 Å². The van der Waals surface area contributed by atoms with Crippen molar-refractivity contribution in [2.24, 2.45) is 0 Å². The Morgan fingerprint density at radius 2 is 1.75 bits per heavy atom. The Balaban J connectivity index is 1.84. The Morgan fingerprint density at radius 1 is 1.12 bits per heavy atom. The van der Waals surface area contributed by atoms with Gasteiger partial charge in [0, 0.05) is 32.7 Å². The Labute approximate surface area is 101 Å². The minimum absolute atomic E-state index is 0.112. The van der Waals surface area contributed by atoms with Crippen LogP contribution in [0, 0.1) is 0 Å². The number of carbonyl (C=O) groups is 1. The average Bonchev–Trinajstić information content (AvgIpc) is 2.31. The molecule has 1 amide bonds. The molecule has 16 heavy (non-hydrogen) atoms. The van der Waals surface area contributed by atoms with E-state index in [2.05, 4.69) is 41.8 Å². The van der Waals surface area contributed by atoms with Gasteiger partial charge in [0.2, 0.25) is 0 Å².